The van der Waals surface area contributed by atoms with Crippen LogP contribution in [-0.4, -0.2) is 39.4 Å². The van der Waals surface area contributed by atoms with E-state index < -0.39 is 21.8 Å². The molecule has 0 fully saturated rings. The van der Waals surface area contributed by atoms with Gasteiger partial charge in [-0.05, 0) is 31.0 Å². The van der Waals surface area contributed by atoms with Crippen LogP contribution in [0.4, 0.5) is 4.39 Å². The van der Waals surface area contributed by atoms with E-state index in [4.69, 9.17) is 4.74 Å². The van der Waals surface area contributed by atoms with Gasteiger partial charge < -0.3 is 14.6 Å². The molecule has 0 heterocycles. The molecule has 0 aromatic heterocycles. The summed E-state index contributed by atoms with van der Waals surface area (Å²) < 4.78 is 43.6. The van der Waals surface area contributed by atoms with Gasteiger partial charge in [0.15, 0.2) is 0 Å². The quantitative estimate of drug-likeness (QED) is 0.707. The molecule has 0 saturated heterocycles. The Morgan fingerprint density at radius 1 is 1.45 bits per heavy atom. The van der Waals surface area contributed by atoms with Gasteiger partial charge in [-0.3, -0.25) is 0 Å². The second-order valence-corrected chi connectivity index (χ2v) is 6.11. The van der Waals surface area contributed by atoms with Crippen LogP contribution >= 0.6 is 0 Å². The summed E-state index contributed by atoms with van der Waals surface area (Å²) in [5.74, 6) is -1.93. The van der Waals surface area contributed by atoms with Crippen molar-refractivity contribution in [3.63, 3.8) is 0 Å². The third kappa shape index (κ3) is 3.91. The standard InChI is InChI=1S/C12H16FNO5S/c1-14(7-3-4-12(15)16)20(17,18)11-8-9(13)5-6-10(11)19-2/h5-6,8H,3-4,7H2,1-2H3,(H,15,16)/p-1. The van der Waals surface area contributed by atoms with Crippen molar-refractivity contribution in [3.05, 3.63) is 24.0 Å². The van der Waals surface area contributed by atoms with Gasteiger partial charge in [0, 0.05) is 19.6 Å². The lowest BCUT2D eigenvalue weighted by Crippen LogP contribution is -2.30. The van der Waals surface area contributed by atoms with Gasteiger partial charge in [0.25, 0.3) is 0 Å². The minimum Gasteiger partial charge on any atom is -0.550 e. The molecule has 0 bridgehead atoms. The topological polar surface area (TPSA) is 86.7 Å². The van der Waals surface area contributed by atoms with Crippen LogP contribution in [-0.2, 0) is 14.8 Å². The number of hydrogen-bond donors (Lipinski definition) is 0. The van der Waals surface area contributed by atoms with Crippen LogP contribution in [0.25, 0.3) is 0 Å². The lowest BCUT2D eigenvalue weighted by molar-refractivity contribution is -0.305. The molecule has 8 heteroatoms. The number of carboxylic acids is 1. The normalized spacial score (nSPS) is 11.6. The SMILES string of the molecule is COc1ccc(F)cc1S(=O)(=O)N(C)CCCC(=O)[O-]. The summed E-state index contributed by atoms with van der Waals surface area (Å²) in [6.45, 7) is -0.0179. The van der Waals surface area contributed by atoms with E-state index in [9.17, 15) is 22.7 Å². The van der Waals surface area contributed by atoms with Gasteiger partial charge in [0.2, 0.25) is 10.0 Å². The summed E-state index contributed by atoms with van der Waals surface area (Å²) in [6, 6.07) is 3.18. The average Bonchev–Trinajstić information content (AvgIpc) is 2.38. The summed E-state index contributed by atoms with van der Waals surface area (Å²) in [4.78, 5) is 10.0. The second-order valence-electron chi connectivity index (χ2n) is 4.10. The number of carboxylic acid groups (broad SMARTS) is 1. The number of hydrogen-bond acceptors (Lipinski definition) is 5. The van der Waals surface area contributed by atoms with Crippen molar-refractivity contribution in [1.82, 2.24) is 4.31 Å². The van der Waals surface area contributed by atoms with Crippen LogP contribution in [0.5, 0.6) is 5.75 Å². The predicted molar refractivity (Wildman–Crippen MR) is 67.0 cm³/mol. The van der Waals surface area contributed by atoms with Gasteiger partial charge in [-0.15, -0.1) is 0 Å². The van der Waals surface area contributed by atoms with E-state index in [1.807, 2.05) is 0 Å². The third-order valence-electron chi connectivity index (χ3n) is 2.67. The molecule has 0 saturated carbocycles. The van der Waals surface area contributed by atoms with E-state index in [2.05, 4.69) is 0 Å². The van der Waals surface area contributed by atoms with Gasteiger partial charge in [-0.1, -0.05) is 0 Å². The molecule has 0 spiro atoms. The van der Waals surface area contributed by atoms with Crippen molar-refractivity contribution >= 4 is 16.0 Å². The molecule has 0 amide bonds. The number of halogens is 1. The summed E-state index contributed by atoms with van der Waals surface area (Å²) in [7, 11) is -1.38. The predicted octanol–water partition coefficient (Wildman–Crippen LogP) is -0.0151. The molecule has 0 N–H and O–H groups in total. The zero-order valence-electron chi connectivity index (χ0n) is 11.1. The highest BCUT2D eigenvalue weighted by molar-refractivity contribution is 7.89. The van der Waals surface area contributed by atoms with Crippen LogP contribution in [0.3, 0.4) is 0 Å². The summed E-state index contributed by atoms with van der Waals surface area (Å²) >= 11 is 0. The van der Waals surface area contributed by atoms with Gasteiger partial charge >= 0.3 is 0 Å². The molecular formula is C12H15FNO5S-. The first-order chi connectivity index (χ1) is 9.28. The number of rotatable bonds is 7. The lowest BCUT2D eigenvalue weighted by atomic mass is 10.3. The fourth-order valence-corrected chi connectivity index (χ4v) is 2.96. The first-order valence-electron chi connectivity index (χ1n) is 5.78. The summed E-state index contributed by atoms with van der Waals surface area (Å²) in [5.41, 5.74) is 0. The number of sulfonamides is 1. The lowest BCUT2D eigenvalue weighted by Gasteiger charge is -2.19. The Morgan fingerprint density at radius 3 is 2.65 bits per heavy atom. The number of carbonyl (C=O) groups is 1. The molecule has 0 radical (unpaired) electrons. The molecule has 0 aliphatic heterocycles. The Labute approximate surface area is 116 Å². The van der Waals surface area contributed by atoms with Crippen LogP contribution < -0.4 is 9.84 Å². The molecule has 6 nitrogen and oxygen atoms in total. The number of nitrogens with zero attached hydrogens (tertiary/aromatic N) is 1. The van der Waals surface area contributed by atoms with Gasteiger partial charge in [0.05, 0.1) is 7.11 Å². The van der Waals surface area contributed by atoms with Crippen molar-refractivity contribution in [2.24, 2.45) is 0 Å². The van der Waals surface area contributed by atoms with Crippen LogP contribution in [0.15, 0.2) is 23.1 Å². The number of ether oxygens (including phenoxy) is 1. The Balaban J connectivity index is 2.98. The van der Waals surface area contributed by atoms with E-state index >= 15 is 0 Å². The molecule has 1 aromatic carbocycles. The fourth-order valence-electron chi connectivity index (χ4n) is 1.59. The van der Waals surface area contributed by atoms with Crippen LogP contribution in [0.2, 0.25) is 0 Å². The van der Waals surface area contributed by atoms with Crippen molar-refractivity contribution in [2.75, 3.05) is 20.7 Å². The minimum atomic E-state index is -3.95. The van der Waals surface area contributed by atoms with E-state index in [1.165, 1.54) is 20.2 Å². The summed E-state index contributed by atoms with van der Waals surface area (Å²) in [6.07, 6.45) is -0.143. The maximum atomic E-state index is 13.2. The van der Waals surface area contributed by atoms with Crippen LogP contribution in [0, 0.1) is 5.82 Å². The molecule has 1 rings (SSSR count). The molecule has 0 atom stereocenters. The maximum Gasteiger partial charge on any atom is 0.246 e. The Kier molecular flexibility index (Phi) is 5.46. The first kappa shape index (κ1) is 16.4. The molecule has 0 unspecified atom stereocenters. The average molecular weight is 304 g/mol. The monoisotopic (exact) mass is 304 g/mol. The molecule has 0 aliphatic rings. The second kappa shape index (κ2) is 6.67. The minimum absolute atomic E-state index is 0.0179. The number of methoxy groups -OCH3 is 1. The number of carbonyl (C=O) groups excluding carboxylic acids is 1. The molecular weight excluding hydrogens is 289 g/mol. The maximum absolute atomic E-state index is 13.2. The Morgan fingerprint density at radius 2 is 2.10 bits per heavy atom. The first-order valence-corrected chi connectivity index (χ1v) is 7.22. The van der Waals surface area contributed by atoms with Gasteiger partial charge in [-0.25, -0.2) is 17.1 Å². The molecule has 112 valence electrons. The molecule has 20 heavy (non-hydrogen) atoms. The van der Waals surface area contributed by atoms with Gasteiger partial charge in [-0.2, -0.15) is 0 Å². The zero-order valence-corrected chi connectivity index (χ0v) is 11.9. The fraction of sp³-hybridized carbons (Fsp3) is 0.417. The zero-order chi connectivity index (χ0) is 15.3. The molecule has 0 aliphatic carbocycles. The van der Waals surface area contributed by atoms with E-state index in [0.29, 0.717) is 0 Å². The van der Waals surface area contributed by atoms with E-state index in [-0.39, 0.29) is 30.0 Å². The van der Waals surface area contributed by atoms with Crippen molar-refractivity contribution < 1.29 is 27.4 Å². The van der Waals surface area contributed by atoms with Crippen molar-refractivity contribution in [2.45, 2.75) is 17.7 Å². The van der Waals surface area contributed by atoms with E-state index in [0.717, 1.165) is 16.4 Å². The van der Waals surface area contributed by atoms with Gasteiger partial charge in [0.1, 0.15) is 16.5 Å². The third-order valence-corrected chi connectivity index (χ3v) is 4.55. The highest BCUT2D eigenvalue weighted by Crippen LogP contribution is 2.26. The summed E-state index contributed by atoms with van der Waals surface area (Å²) in [5, 5.41) is 10.3. The Bertz CT molecular complexity index is 588. The number of aliphatic carboxylic acids is 1. The number of benzene rings is 1. The van der Waals surface area contributed by atoms with Crippen LogP contribution in [0.1, 0.15) is 12.8 Å². The largest absolute Gasteiger partial charge is 0.550 e. The van der Waals surface area contributed by atoms with E-state index in [1.54, 1.807) is 0 Å². The van der Waals surface area contributed by atoms with Crippen molar-refractivity contribution in [1.29, 1.82) is 0 Å². The smallest absolute Gasteiger partial charge is 0.246 e. The molecule has 1 aromatic rings. The Hall–Kier alpha value is -1.67. The van der Waals surface area contributed by atoms with Crippen molar-refractivity contribution in [3.8, 4) is 5.75 Å². The highest BCUT2D eigenvalue weighted by atomic mass is 32.2. The highest BCUT2D eigenvalue weighted by Gasteiger charge is 2.25.